The first-order valence-corrected chi connectivity index (χ1v) is 7.96. The predicted molar refractivity (Wildman–Crippen MR) is 87.0 cm³/mol. The quantitative estimate of drug-likeness (QED) is 0.641. The van der Waals surface area contributed by atoms with E-state index < -0.39 is 0 Å². The van der Waals surface area contributed by atoms with E-state index in [0.29, 0.717) is 19.4 Å². The van der Waals surface area contributed by atoms with Crippen LogP contribution < -0.4 is 11.6 Å². The first kappa shape index (κ1) is 19.9. The lowest BCUT2D eigenvalue weighted by Crippen LogP contribution is -2.44. The number of carbonyl (C=O) groups is 2. The van der Waals surface area contributed by atoms with Gasteiger partial charge >= 0.3 is 0 Å². The summed E-state index contributed by atoms with van der Waals surface area (Å²) in [7, 11) is 1.64. The molecule has 0 aromatic rings. The number of carbonyl (C=O) groups excluding carboxylic acids is 2. The normalized spacial score (nSPS) is 22.4. The van der Waals surface area contributed by atoms with Crippen LogP contribution in [0.4, 0.5) is 0 Å². The molecule has 1 heterocycles. The lowest BCUT2D eigenvalue weighted by Gasteiger charge is -2.42. The highest BCUT2D eigenvalue weighted by atomic mass is 16.6. The smallest absolute Gasteiger partial charge is 0.223 e. The molecule has 1 fully saturated rings. The summed E-state index contributed by atoms with van der Waals surface area (Å²) in [5.41, 5.74) is 4.59. The van der Waals surface area contributed by atoms with E-state index in [-0.39, 0.29) is 47.8 Å². The van der Waals surface area contributed by atoms with Gasteiger partial charge in [0.2, 0.25) is 11.8 Å². The Morgan fingerprint density at radius 3 is 2.22 bits per heavy atom. The van der Waals surface area contributed by atoms with Gasteiger partial charge in [0.05, 0.1) is 18.8 Å². The van der Waals surface area contributed by atoms with Crippen LogP contribution in [0, 0.1) is 10.8 Å². The number of rotatable bonds is 8. The number of likely N-dealkylation sites (tertiary alicyclic amines) is 1. The van der Waals surface area contributed by atoms with Crippen LogP contribution in [0.25, 0.3) is 0 Å². The number of hydrogen-bond donors (Lipinski definition) is 2. The molecule has 134 valence electrons. The zero-order chi connectivity index (χ0) is 17.8. The summed E-state index contributed by atoms with van der Waals surface area (Å²) in [6.45, 7) is 8.74. The zero-order valence-electron chi connectivity index (χ0n) is 14.9. The Hall–Kier alpha value is -1.18. The molecule has 0 aromatic heterocycles. The number of nitrogens with zero attached hydrogens (tertiary/aromatic N) is 1. The number of ether oxygens (including phenoxy) is 1. The van der Waals surface area contributed by atoms with Gasteiger partial charge < -0.3 is 20.2 Å². The molecular weight excluding hydrogens is 298 g/mol. The zero-order valence-corrected chi connectivity index (χ0v) is 14.9. The Balaban J connectivity index is 2.81. The van der Waals surface area contributed by atoms with Crippen LogP contribution in [-0.2, 0) is 19.2 Å². The molecule has 1 unspecified atom stereocenters. The van der Waals surface area contributed by atoms with Crippen LogP contribution in [0.1, 0.15) is 47.0 Å². The van der Waals surface area contributed by atoms with Crippen LogP contribution >= 0.6 is 0 Å². The Bertz CT molecular complexity index is 437. The molecule has 2 amide bonds. The number of amides is 2. The van der Waals surface area contributed by atoms with Crippen molar-refractivity contribution in [2.75, 3.05) is 20.3 Å². The third-order valence-corrected chi connectivity index (χ3v) is 5.36. The second-order valence-corrected chi connectivity index (χ2v) is 7.71. The maximum Gasteiger partial charge on any atom is 0.223 e. The third kappa shape index (κ3) is 4.89. The molecule has 0 saturated carbocycles. The monoisotopic (exact) mass is 329 g/mol. The topological polar surface area (TPSA) is 108 Å². The number of hydrogen-bond acceptors (Lipinski definition) is 5. The SMILES string of the molecule is CO[C@@H]1CC(CON)N(C(=O)CC(C)(C)C(C)(C)CC(N)=O)C1. The van der Waals surface area contributed by atoms with Gasteiger partial charge in [-0.1, -0.05) is 27.7 Å². The van der Waals surface area contributed by atoms with Crippen molar-refractivity contribution in [3.05, 3.63) is 0 Å². The fraction of sp³-hybridized carbons (Fsp3) is 0.875. The van der Waals surface area contributed by atoms with Crippen LogP contribution in [0.5, 0.6) is 0 Å². The molecule has 23 heavy (non-hydrogen) atoms. The summed E-state index contributed by atoms with van der Waals surface area (Å²) >= 11 is 0. The Labute approximate surface area is 138 Å². The van der Waals surface area contributed by atoms with Gasteiger partial charge in [-0.15, -0.1) is 0 Å². The standard InChI is InChI=1S/C16H31N3O4/c1-15(2,7-13(17)20)16(3,4)8-14(21)19-9-12(22-5)6-11(19)10-23-18/h11-12H,6-10,18H2,1-5H3,(H2,17,20)/t11?,12-/m1/s1. The summed E-state index contributed by atoms with van der Waals surface area (Å²) in [5, 5.41) is 0. The van der Waals surface area contributed by atoms with E-state index >= 15 is 0 Å². The molecule has 1 saturated heterocycles. The van der Waals surface area contributed by atoms with E-state index in [0.717, 1.165) is 0 Å². The lowest BCUT2D eigenvalue weighted by molar-refractivity contribution is -0.138. The van der Waals surface area contributed by atoms with Crippen molar-refractivity contribution in [1.82, 2.24) is 4.90 Å². The van der Waals surface area contributed by atoms with Crippen molar-refractivity contribution in [2.45, 2.75) is 59.1 Å². The molecule has 7 nitrogen and oxygen atoms in total. The van der Waals surface area contributed by atoms with Gasteiger partial charge in [0.25, 0.3) is 0 Å². The highest BCUT2D eigenvalue weighted by Gasteiger charge is 2.43. The van der Waals surface area contributed by atoms with E-state index in [4.69, 9.17) is 21.2 Å². The molecule has 1 rings (SSSR count). The molecule has 0 bridgehead atoms. The average Bonchev–Trinajstić information content (AvgIpc) is 2.80. The highest BCUT2D eigenvalue weighted by Crippen LogP contribution is 2.44. The van der Waals surface area contributed by atoms with Crippen molar-refractivity contribution >= 4 is 11.8 Å². The summed E-state index contributed by atoms with van der Waals surface area (Å²) in [5.74, 6) is 4.85. The maximum atomic E-state index is 12.8. The molecule has 4 N–H and O–H groups in total. The van der Waals surface area contributed by atoms with Gasteiger partial charge in [-0.2, -0.15) is 0 Å². The fourth-order valence-electron chi connectivity index (χ4n) is 3.01. The number of nitrogens with two attached hydrogens (primary N) is 2. The molecule has 7 heteroatoms. The van der Waals surface area contributed by atoms with E-state index in [1.807, 2.05) is 27.7 Å². The minimum Gasteiger partial charge on any atom is -0.380 e. The van der Waals surface area contributed by atoms with E-state index in [1.165, 1.54) is 0 Å². The summed E-state index contributed by atoms with van der Waals surface area (Å²) < 4.78 is 5.37. The van der Waals surface area contributed by atoms with Gasteiger partial charge in [0.15, 0.2) is 0 Å². The largest absolute Gasteiger partial charge is 0.380 e. The lowest BCUT2D eigenvalue weighted by atomic mass is 9.64. The molecular formula is C16H31N3O4. The molecule has 2 atom stereocenters. The van der Waals surface area contributed by atoms with Gasteiger partial charge in [0.1, 0.15) is 0 Å². The Morgan fingerprint density at radius 1 is 1.17 bits per heavy atom. The minimum atomic E-state index is -0.380. The van der Waals surface area contributed by atoms with Crippen molar-refractivity contribution in [3.8, 4) is 0 Å². The van der Waals surface area contributed by atoms with E-state index in [9.17, 15) is 9.59 Å². The Kier molecular flexibility index (Phi) is 6.56. The molecule has 0 spiro atoms. The van der Waals surface area contributed by atoms with E-state index in [1.54, 1.807) is 12.0 Å². The van der Waals surface area contributed by atoms with Crippen LogP contribution in [0.15, 0.2) is 0 Å². The van der Waals surface area contributed by atoms with E-state index in [2.05, 4.69) is 0 Å². The van der Waals surface area contributed by atoms with Crippen molar-refractivity contribution in [3.63, 3.8) is 0 Å². The molecule has 1 aliphatic heterocycles. The first-order valence-electron chi connectivity index (χ1n) is 7.96. The summed E-state index contributed by atoms with van der Waals surface area (Å²) in [6, 6.07) is -0.0764. The van der Waals surface area contributed by atoms with Crippen LogP contribution in [0.2, 0.25) is 0 Å². The van der Waals surface area contributed by atoms with Crippen molar-refractivity contribution in [2.24, 2.45) is 22.5 Å². The molecule has 0 aliphatic carbocycles. The third-order valence-electron chi connectivity index (χ3n) is 5.36. The van der Waals surface area contributed by atoms with Crippen LogP contribution in [-0.4, -0.2) is 49.1 Å². The molecule has 1 aliphatic rings. The summed E-state index contributed by atoms with van der Waals surface area (Å²) in [6.07, 6.45) is 1.28. The maximum absolute atomic E-state index is 12.8. The van der Waals surface area contributed by atoms with Gasteiger partial charge in [-0.25, -0.2) is 5.90 Å². The van der Waals surface area contributed by atoms with Gasteiger partial charge in [-0.05, 0) is 17.3 Å². The predicted octanol–water partition coefficient (Wildman–Crippen LogP) is 0.811. The molecule has 0 radical (unpaired) electrons. The Morgan fingerprint density at radius 2 is 1.74 bits per heavy atom. The van der Waals surface area contributed by atoms with Gasteiger partial charge in [0, 0.05) is 26.5 Å². The van der Waals surface area contributed by atoms with Crippen LogP contribution in [0.3, 0.4) is 0 Å². The minimum absolute atomic E-state index is 0.000780. The van der Waals surface area contributed by atoms with Crippen molar-refractivity contribution in [1.29, 1.82) is 0 Å². The second kappa shape index (κ2) is 7.59. The highest BCUT2D eigenvalue weighted by molar-refractivity contribution is 5.78. The summed E-state index contributed by atoms with van der Waals surface area (Å²) in [4.78, 5) is 30.6. The number of methoxy groups -OCH3 is 1. The number of primary amides is 1. The average molecular weight is 329 g/mol. The second-order valence-electron chi connectivity index (χ2n) is 7.71. The van der Waals surface area contributed by atoms with Gasteiger partial charge in [-0.3, -0.25) is 9.59 Å². The van der Waals surface area contributed by atoms with Crippen molar-refractivity contribution < 1.29 is 19.2 Å². The fourth-order valence-corrected chi connectivity index (χ4v) is 3.01. The first-order chi connectivity index (χ1) is 10.5. The molecule has 0 aromatic carbocycles.